The van der Waals surface area contributed by atoms with E-state index in [-0.39, 0.29) is 30.1 Å². The van der Waals surface area contributed by atoms with Gasteiger partial charge < -0.3 is 18.9 Å². The molecular weight excluding hydrogens is 286 g/mol. The van der Waals surface area contributed by atoms with Crippen LogP contribution >= 0.6 is 0 Å². The number of alkyl halides is 2. The molecule has 1 aromatic rings. The Morgan fingerprint density at radius 1 is 1.10 bits per heavy atom. The molecule has 7 heteroatoms. The number of hydrogen-bond donors (Lipinski definition) is 0. The highest BCUT2D eigenvalue weighted by Crippen LogP contribution is 2.40. The maximum absolute atomic E-state index is 12.1. The van der Waals surface area contributed by atoms with Crippen molar-refractivity contribution in [3.63, 3.8) is 0 Å². The molecule has 0 aliphatic rings. The maximum Gasteiger partial charge on any atom is 0.261 e. The van der Waals surface area contributed by atoms with Gasteiger partial charge in [0.05, 0.1) is 33.5 Å². The summed E-state index contributed by atoms with van der Waals surface area (Å²) >= 11 is 0. The quantitative estimate of drug-likeness (QED) is 0.518. The molecule has 1 rings (SSSR count). The van der Waals surface area contributed by atoms with Crippen LogP contribution in [0.2, 0.25) is 0 Å². The van der Waals surface area contributed by atoms with Crippen molar-refractivity contribution in [2.45, 2.75) is 12.8 Å². The minimum atomic E-state index is -2.55. The van der Waals surface area contributed by atoms with Crippen LogP contribution in [-0.2, 0) is 4.74 Å². The Bertz CT molecular complexity index is 477. The number of benzene rings is 1. The first kappa shape index (κ1) is 17.2. The first-order valence-electron chi connectivity index (χ1n) is 6.23. The Balaban J connectivity index is 2.84. The SMILES string of the molecule is COc1ccc(C(=O)CCOCC(F)F)c(OC)c1OC. The fourth-order valence-corrected chi connectivity index (χ4v) is 1.79. The third-order valence-corrected chi connectivity index (χ3v) is 2.72. The molecule has 0 bridgehead atoms. The summed E-state index contributed by atoms with van der Waals surface area (Å²) in [6.45, 7) is -0.767. The molecule has 0 amide bonds. The van der Waals surface area contributed by atoms with Gasteiger partial charge in [0.1, 0.15) is 6.61 Å². The Kier molecular flexibility index (Phi) is 6.87. The molecule has 0 spiro atoms. The van der Waals surface area contributed by atoms with Crippen LogP contribution < -0.4 is 14.2 Å². The molecule has 1 aromatic carbocycles. The first-order valence-corrected chi connectivity index (χ1v) is 6.23. The van der Waals surface area contributed by atoms with Crippen molar-refractivity contribution in [3.05, 3.63) is 17.7 Å². The van der Waals surface area contributed by atoms with Crippen LogP contribution in [0.15, 0.2) is 12.1 Å². The van der Waals surface area contributed by atoms with E-state index in [1.807, 2.05) is 0 Å². The number of ketones is 1. The smallest absolute Gasteiger partial charge is 0.261 e. The molecule has 0 N–H and O–H groups in total. The lowest BCUT2D eigenvalue weighted by Crippen LogP contribution is -2.10. The number of carbonyl (C=O) groups excluding carboxylic acids is 1. The molecule has 0 atom stereocenters. The molecule has 5 nitrogen and oxygen atoms in total. The van der Waals surface area contributed by atoms with Crippen molar-refractivity contribution in [1.82, 2.24) is 0 Å². The lowest BCUT2D eigenvalue weighted by Gasteiger charge is -2.15. The number of rotatable bonds is 9. The summed E-state index contributed by atoms with van der Waals surface area (Å²) in [5.74, 6) is 0.692. The van der Waals surface area contributed by atoms with E-state index in [4.69, 9.17) is 18.9 Å². The van der Waals surface area contributed by atoms with Gasteiger partial charge in [0.25, 0.3) is 6.43 Å². The molecule has 118 valence electrons. The lowest BCUT2D eigenvalue weighted by atomic mass is 10.1. The van der Waals surface area contributed by atoms with Gasteiger partial charge in [0.2, 0.25) is 5.75 Å². The highest BCUT2D eigenvalue weighted by molar-refractivity contribution is 6.00. The van der Waals surface area contributed by atoms with Gasteiger partial charge in [0, 0.05) is 6.42 Å². The number of hydrogen-bond acceptors (Lipinski definition) is 5. The summed E-state index contributed by atoms with van der Waals surface area (Å²) in [5, 5.41) is 0. The number of ether oxygens (including phenoxy) is 4. The van der Waals surface area contributed by atoms with Crippen LogP contribution in [0.4, 0.5) is 8.78 Å². The Labute approximate surface area is 121 Å². The lowest BCUT2D eigenvalue weighted by molar-refractivity contribution is 0.0169. The van der Waals surface area contributed by atoms with Gasteiger partial charge in [0.15, 0.2) is 17.3 Å². The van der Waals surface area contributed by atoms with Crippen molar-refractivity contribution in [3.8, 4) is 17.2 Å². The molecule has 0 saturated carbocycles. The van der Waals surface area contributed by atoms with Gasteiger partial charge in [-0.05, 0) is 12.1 Å². The minimum Gasteiger partial charge on any atom is -0.493 e. The van der Waals surface area contributed by atoms with E-state index in [0.717, 1.165) is 0 Å². The topological polar surface area (TPSA) is 54.0 Å². The summed E-state index contributed by atoms with van der Waals surface area (Å²) in [6.07, 6.45) is -2.57. The standard InChI is InChI=1S/C14H18F2O5/c1-18-11-5-4-9(13(19-2)14(11)20-3)10(17)6-7-21-8-12(15)16/h4-5,12H,6-8H2,1-3H3. The fraction of sp³-hybridized carbons (Fsp3) is 0.500. The van der Waals surface area contributed by atoms with Crippen LogP contribution in [0.25, 0.3) is 0 Å². The predicted octanol–water partition coefficient (Wildman–Crippen LogP) is 2.57. The zero-order valence-electron chi connectivity index (χ0n) is 12.2. The minimum absolute atomic E-state index is 0.0292. The van der Waals surface area contributed by atoms with Crippen molar-refractivity contribution in [1.29, 1.82) is 0 Å². The second-order valence-corrected chi connectivity index (χ2v) is 4.02. The third kappa shape index (κ3) is 4.56. The largest absolute Gasteiger partial charge is 0.493 e. The Hall–Kier alpha value is -1.89. The van der Waals surface area contributed by atoms with Gasteiger partial charge in [-0.3, -0.25) is 4.79 Å². The van der Waals surface area contributed by atoms with E-state index in [9.17, 15) is 13.6 Å². The normalized spacial score (nSPS) is 10.6. The van der Waals surface area contributed by atoms with Gasteiger partial charge in [-0.25, -0.2) is 8.78 Å². The number of Topliss-reactive ketones (excluding diaryl/α,β-unsaturated/α-hetero) is 1. The van der Waals surface area contributed by atoms with Crippen LogP contribution in [-0.4, -0.2) is 46.8 Å². The van der Waals surface area contributed by atoms with E-state index in [0.29, 0.717) is 11.5 Å². The molecule has 0 unspecified atom stereocenters. The Morgan fingerprint density at radius 2 is 1.76 bits per heavy atom. The number of methoxy groups -OCH3 is 3. The fourth-order valence-electron chi connectivity index (χ4n) is 1.79. The second kappa shape index (κ2) is 8.41. The molecule has 0 heterocycles. The Morgan fingerprint density at radius 3 is 2.29 bits per heavy atom. The van der Waals surface area contributed by atoms with Crippen LogP contribution in [0.3, 0.4) is 0 Å². The van der Waals surface area contributed by atoms with Gasteiger partial charge in [-0.15, -0.1) is 0 Å². The summed E-state index contributed by atoms with van der Waals surface area (Å²) in [6, 6.07) is 3.12. The average molecular weight is 304 g/mol. The van der Waals surface area contributed by atoms with E-state index in [1.54, 1.807) is 6.07 Å². The zero-order valence-corrected chi connectivity index (χ0v) is 12.2. The molecule has 0 saturated heterocycles. The number of halogens is 2. The van der Waals surface area contributed by atoms with E-state index in [1.165, 1.54) is 27.4 Å². The second-order valence-electron chi connectivity index (χ2n) is 4.02. The number of carbonyl (C=O) groups is 1. The molecule has 0 aliphatic carbocycles. The molecule has 0 fully saturated rings. The monoisotopic (exact) mass is 304 g/mol. The summed E-state index contributed by atoms with van der Waals surface area (Å²) < 4.78 is 44.0. The molecule has 0 aliphatic heterocycles. The maximum atomic E-state index is 12.1. The first-order chi connectivity index (χ1) is 10.0. The summed E-state index contributed by atoms with van der Waals surface area (Å²) in [5.41, 5.74) is 0.288. The van der Waals surface area contributed by atoms with Crippen molar-refractivity contribution in [2.75, 3.05) is 34.5 Å². The molecule has 21 heavy (non-hydrogen) atoms. The highest BCUT2D eigenvalue weighted by atomic mass is 19.3. The van der Waals surface area contributed by atoms with Gasteiger partial charge in [-0.2, -0.15) is 0 Å². The van der Waals surface area contributed by atoms with Crippen LogP contribution in [0, 0.1) is 0 Å². The average Bonchev–Trinajstić information content (AvgIpc) is 2.49. The third-order valence-electron chi connectivity index (χ3n) is 2.72. The van der Waals surface area contributed by atoms with Crippen molar-refractivity contribution < 1.29 is 32.5 Å². The highest BCUT2D eigenvalue weighted by Gasteiger charge is 2.20. The molecular formula is C14H18F2O5. The van der Waals surface area contributed by atoms with E-state index in [2.05, 4.69) is 0 Å². The van der Waals surface area contributed by atoms with Crippen molar-refractivity contribution >= 4 is 5.78 Å². The van der Waals surface area contributed by atoms with Crippen molar-refractivity contribution in [2.24, 2.45) is 0 Å². The van der Waals surface area contributed by atoms with E-state index < -0.39 is 13.0 Å². The van der Waals surface area contributed by atoms with Crippen LogP contribution in [0.5, 0.6) is 17.2 Å². The molecule has 0 aromatic heterocycles. The van der Waals surface area contributed by atoms with Gasteiger partial charge in [-0.1, -0.05) is 0 Å². The predicted molar refractivity (Wildman–Crippen MR) is 71.9 cm³/mol. The van der Waals surface area contributed by atoms with Gasteiger partial charge >= 0.3 is 0 Å². The summed E-state index contributed by atoms with van der Waals surface area (Å²) in [4.78, 5) is 12.1. The zero-order chi connectivity index (χ0) is 15.8. The molecule has 0 radical (unpaired) electrons. The summed E-state index contributed by atoms with van der Waals surface area (Å²) in [7, 11) is 4.30. The van der Waals surface area contributed by atoms with Crippen LogP contribution in [0.1, 0.15) is 16.8 Å². The van der Waals surface area contributed by atoms with E-state index >= 15 is 0 Å².